The van der Waals surface area contributed by atoms with E-state index < -0.39 is 0 Å². The van der Waals surface area contributed by atoms with Gasteiger partial charge in [0.2, 0.25) is 0 Å². The molecule has 2 rings (SSSR count). The third-order valence-electron chi connectivity index (χ3n) is 3.15. The van der Waals surface area contributed by atoms with Crippen LogP contribution in [0.1, 0.15) is 29.2 Å². The van der Waals surface area contributed by atoms with Gasteiger partial charge in [-0.25, -0.2) is 0 Å². The summed E-state index contributed by atoms with van der Waals surface area (Å²) in [5.74, 6) is 0. The number of rotatable bonds is 2. The molecule has 0 bridgehead atoms. The third kappa shape index (κ3) is 2.43. The molecular formula is C17H17N. The lowest BCUT2D eigenvalue weighted by molar-refractivity contribution is 1.13. The van der Waals surface area contributed by atoms with Gasteiger partial charge < -0.3 is 0 Å². The summed E-state index contributed by atoms with van der Waals surface area (Å²) in [7, 11) is 0. The van der Waals surface area contributed by atoms with Crippen molar-refractivity contribution in [3.05, 3.63) is 58.7 Å². The Morgan fingerprint density at radius 3 is 2.44 bits per heavy atom. The third-order valence-corrected chi connectivity index (χ3v) is 3.15. The van der Waals surface area contributed by atoms with Gasteiger partial charge in [-0.2, -0.15) is 5.26 Å². The summed E-state index contributed by atoms with van der Waals surface area (Å²) in [6, 6.07) is 14.9. The van der Waals surface area contributed by atoms with Crippen molar-refractivity contribution in [1.29, 1.82) is 5.26 Å². The molecule has 0 atom stereocenters. The van der Waals surface area contributed by atoms with Crippen LogP contribution in [0, 0.1) is 25.2 Å². The van der Waals surface area contributed by atoms with E-state index in [0.29, 0.717) is 0 Å². The fourth-order valence-electron chi connectivity index (χ4n) is 2.22. The van der Waals surface area contributed by atoms with Gasteiger partial charge in [-0.1, -0.05) is 42.8 Å². The van der Waals surface area contributed by atoms with Crippen LogP contribution in [0.3, 0.4) is 0 Å². The summed E-state index contributed by atoms with van der Waals surface area (Å²) in [6.07, 6.45) is 1.02. The number of nitrogens with zero attached hydrogens (tertiary/aromatic N) is 1. The van der Waals surface area contributed by atoms with Gasteiger partial charge in [0.1, 0.15) is 0 Å². The number of hydrogen-bond acceptors (Lipinski definition) is 1. The second-order valence-corrected chi connectivity index (χ2v) is 4.72. The molecule has 0 heterocycles. The van der Waals surface area contributed by atoms with Gasteiger partial charge in [0.15, 0.2) is 0 Å². The molecule has 0 fully saturated rings. The number of hydrogen-bond donors (Lipinski definition) is 0. The van der Waals surface area contributed by atoms with Crippen molar-refractivity contribution in [1.82, 2.24) is 0 Å². The van der Waals surface area contributed by atoms with E-state index in [4.69, 9.17) is 0 Å². The molecule has 2 aromatic carbocycles. The van der Waals surface area contributed by atoms with Gasteiger partial charge in [0, 0.05) is 0 Å². The highest BCUT2D eigenvalue weighted by molar-refractivity contribution is 5.72. The van der Waals surface area contributed by atoms with Crippen LogP contribution >= 0.6 is 0 Å². The Balaban J connectivity index is 2.62. The number of benzene rings is 2. The smallest absolute Gasteiger partial charge is 0.0998 e. The topological polar surface area (TPSA) is 23.8 Å². The quantitative estimate of drug-likeness (QED) is 0.756. The summed E-state index contributed by atoms with van der Waals surface area (Å²) in [6.45, 7) is 6.26. The van der Waals surface area contributed by atoms with E-state index >= 15 is 0 Å². The SMILES string of the molecule is CCc1cc(C)cc(-c2ccc(C)cc2C#N)c1. The average molecular weight is 235 g/mol. The van der Waals surface area contributed by atoms with E-state index in [-0.39, 0.29) is 0 Å². The maximum atomic E-state index is 9.25. The van der Waals surface area contributed by atoms with Gasteiger partial charge >= 0.3 is 0 Å². The first kappa shape index (κ1) is 12.4. The van der Waals surface area contributed by atoms with E-state index in [1.165, 1.54) is 11.1 Å². The molecule has 2 aromatic rings. The maximum Gasteiger partial charge on any atom is 0.0998 e. The zero-order valence-corrected chi connectivity index (χ0v) is 11.1. The van der Waals surface area contributed by atoms with Gasteiger partial charge in [-0.3, -0.25) is 0 Å². The standard InChI is InChI=1S/C17H17N/c1-4-14-7-13(3)9-15(10-14)17-6-5-12(2)8-16(17)11-18/h5-10H,4H2,1-3H3. The minimum absolute atomic E-state index is 0.752. The second-order valence-electron chi connectivity index (χ2n) is 4.72. The molecule has 0 radical (unpaired) electrons. The van der Waals surface area contributed by atoms with E-state index in [1.807, 2.05) is 19.1 Å². The van der Waals surface area contributed by atoms with Crippen LogP contribution in [0.4, 0.5) is 0 Å². The summed E-state index contributed by atoms with van der Waals surface area (Å²) in [4.78, 5) is 0. The lowest BCUT2D eigenvalue weighted by atomic mass is 9.95. The van der Waals surface area contributed by atoms with E-state index in [1.54, 1.807) is 0 Å². The highest BCUT2D eigenvalue weighted by Gasteiger charge is 2.06. The molecule has 0 aromatic heterocycles. The summed E-state index contributed by atoms with van der Waals surface area (Å²) < 4.78 is 0. The molecule has 0 unspecified atom stereocenters. The Morgan fingerprint density at radius 2 is 1.78 bits per heavy atom. The predicted octanol–water partition coefficient (Wildman–Crippen LogP) is 4.40. The van der Waals surface area contributed by atoms with Gasteiger partial charge in [-0.05, 0) is 48.6 Å². The fraction of sp³-hybridized carbons (Fsp3) is 0.235. The molecule has 18 heavy (non-hydrogen) atoms. The highest BCUT2D eigenvalue weighted by atomic mass is 14.2. The number of aryl methyl sites for hydroxylation is 3. The van der Waals surface area contributed by atoms with Gasteiger partial charge in [0.05, 0.1) is 11.6 Å². The molecule has 0 saturated carbocycles. The lowest BCUT2D eigenvalue weighted by Crippen LogP contribution is -1.89. The molecule has 0 saturated heterocycles. The molecular weight excluding hydrogens is 218 g/mol. The predicted molar refractivity (Wildman–Crippen MR) is 75.4 cm³/mol. The van der Waals surface area contributed by atoms with Crippen LogP contribution in [0.5, 0.6) is 0 Å². The van der Waals surface area contributed by atoms with Crippen LogP contribution in [0.15, 0.2) is 36.4 Å². The first-order chi connectivity index (χ1) is 8.63. The Kier molecular flexibility index (Phi) is 3.48. The summed E-state index contributed by atoms with van der Waals surface area (Å²) in [5.41, 5.74) is 6.61. The Hall–Kier alpha value is -2.07. The van der Waals surface area contributed by atoms with Crippen LogP contribution in [0.2, 0.25) is 0 Å². The fourth-order valence-corrected chi connectivity index (χ4v) is 2.22. The largest absolute Gasteiger partial charge is 0.192 e. The summed E-state index contributed by atoms with van der Waals surface area (Å²) in [5, 5.41) is 9.25. The highest BCUT2D eigenvalue weighted by Crippen LogP contribution is 2.26. The molecule has 0 spiro atoms. The van der Waals surface area contributed by atoms with Crippen molar-refractivity contribution >= 4 is 0 Å². The molecule has 0 aliphatic rings. The molecule has 1 nitrogen and oxygen atoms in total. The zero-order valence-electron chi connectivity index (χ0n) is 11.1. The van der Waals surface area contributed by atoms with E-state index in [0.717, 1.165) is 28.7 Å². The zero-order chi connectivity index (χ0) is 13.1. The molecule has 90 valence electrons. The molecule has 1 heteroatoms. The second kappa shape index (κ2) is 5.06. The van der Waals surface area contributed by atoms with Gasteiger partial charge in [-0.15, -0.1) is 0 Å². The molecule has 0 N–H and O–H groups in total. The maximum absolute atomic E-state index is 9.25. The number of nitriles is 1. The Labute approximate surface area is 109 Å². The van der Waals surface area contributed by atoms with Gasteiger partial charge in [0.25, 0.3) is 0 Å². The molecule has 0 amide bonds. The molecule has 0 aliphatic carbocycles. The Morgan fingerprint density at radius 1 is 1.00 bits per heavy atom. The van der Waals surface area contributed by atoms with Crippen molar-refractivity contribution in [3.63, 3.8) is 0 Å². The first-order valence-electron chi connectivity index (χ1n) is 6.25. The van der Waals surface area contributed by atoms with Crippen LogP contribution in [-0.4, -0.2) is 0 Å². The lowest BCUT2D eigenvalue weighted by Gasteiger charge is -2.09. The first-order valence-corrected chi connectivity index (χ1v) is 6.25. The van der Waals surface area contributed by atoms with E-state index in [2.05, 4.69) is 44.2 Å². The van der Waals surface area contributed by atoms with Crippen LogP contribution < -0.4 is 0 Å². The monoisotopic (exact) mass is 235 g/mol. The normalized spacial score (nSPS) is 10.1. The van der Waals surface area contributed by atoms with Crippen molar-refractivity contribution in [3.8, 4) is 17.2 Å². The average Bonchev–Trinajstić information content (AvgIpc) is 2.37. The van der Waals surface area contributed by atoms with Crippen LogP contribution in [-0.2, 0) is 6.42 Å². The van der Waals surface area contributed by atoms with E-state index in [9.17, 15) is 5.26 Å². The minimum atomic E-state index is 0.752. The molecule has 0 aliphatic heterocycles. The van der Waals surface area contributed by atoms with Crippen molar-refractivity contribution in [2.24, 2.45) is 0 Å². The minimum Gasteiger partial charge on any atom is -0.192 e. The Bertz CT molecular complexity index is 618. The van der Waals surface area contributed by atoms with Crippen molar-refractivity contribution < 1.29 is 0 Å². The van der Waals surface area contributed by atoms with Crippen molar-refractivity contribution in [2.75, 3.05) is 0 Å². The summed E-state index contributed by atoms with van der Waals surface area (Å²) >= 11 is 0. The van der Waals surface area contributed by atoms with Crippen LogP contribution in [0.25, 0.3) is 11.1 Å². The van der Waals surface area contributed by atoms with Crippen molar-refractivity contribution in [2.45, 2.75) is 27.2 Å².